The van der Waals surface area contributed by atoms with Gasteiger partial charge in [-0.1, -0.05) is 18.5 Å². The van der Waals surface area contributed by atoms with E-state index in [1.54, 1.807) is 11.3 Å². The second-order valence-electron chi connectivity index (χ2n) is 4.06. The summed E-state index contributed by atoms with van der Waals surface area (Å²) >= 11 is 7.83. The van der Waals surface area contributed by atoms with E-state index in [9.17, 15) is 0 Å². The summed E-state index contributed by atoms with van der Waals surface area (Å²) in [6.45, 7) is 6.25. The van der Waals surface area contributed by atoms with Gasteiger partial charge in [0.1, 0.15) is 0 Å². The van der Waals surface area contributed by atoms with Crippen LogP contribution in [0, 0.1) is 13.8 Å². The highest BCUT2D eigenvalue weighted by atomic mass is 35.5. The van der Waals surface area contributed by atoms with Crippen LogP contribution in [0.4, 0.5) is 0 Å². The lowest BCUT2D eigenvalue weighted by molar-refractivity contribution is 0.421. The van der Waals surface area contributed by atoms with Gasteiger partial charge in [0.25, 0.3) is 5.89 Å². The minimum Gasteiger partial charge on any atom is -0.333 e. The maximum atomic E-state index is 6.16. The minimum absolute atomic E-state index is 0.153. The molecule has 0 saturated heterocycles. The molecule has 0 amide bonds. The van der Waals surface area contributed by atoms with E-state index in [0.29, 0.717) is 11.7 Å². The van der Waals surface area contributed by atoms with Gasteiger partial charge in [-0.05, 0) is 31.9 Å². The van der Waals surface area contributed by atoms with Gasteiger partial charge in [-0.25, -0.2) is 0 Å². The molecule has 0 radical (unpaired) electrons. The molecule has 0 aromatic carbocycles. The molecule has 2 rings (SSSR count). The van der Waals surface area contributed by atoms with Crippen LogP contribution in [-0.4, -0.2) is 10.1 Å². The number of hydrogen-bond donors (Lipinski definition) is 0. The molecule has 0 N–H and O–H groups in total. The lowest BCUT2D eigenvalue weighted by Gasteiger charge is -1.99. The molecule has 5 heteroatoms. The van der Waals surface area contributed by atoms with E-state index in [0.717, 1.165) is 17.7 Å². The first-order chi connectivity index (χ1) is 8.11. The smallest absolute Gasteiger partial charge is 0.268 e. The van der Waals surface area contributed by atoms with E-state index >= 15 is 0 Å². The van der Waals surface area contributed by atoms with Crippen molar-refractivity contribution in [2.45, 2.75) is 39.0 Å². The Bertz CT molecular complexity index is 487. The second-order valence-corrected chi connectivity index (χ2v) is 5.85. The van der Waals surface area contributed by atoms with Crippen LogP contribution in [-0.2, 0) is 0 Å². The van der Waals surface area contributed by atoms with Crippen LogP contribution in [0.3, 0.4) is 0 Å². The highest BCUT2D eigenvalue weighted by Crippen LogP contribution is 2.31. The summed E-state index contributed by atoms with van der Waals surface area (Å²) < 4.78 is 5.25. The quantitative estimate of drug-likeness (QED) is 0.768. The van der Waals surface area contributed by atoms with Crippen LogP contribution in [0.2, 0.25) is 0 Å². The molecular formula is C12H15ClN2OS. The number of thiophene rings is 1. The first kappa shape index (κ1) is 12.6. The zero-order chi connectivity index (χ0) is 12.4. The highest BCUT2D eigenvalue weighted by molar-refractivity contribution is 7.15. The van der Waals surface area contributed by atoms with Crippen LogP contribution >= 0.6 is 22.9 Å². The normalized spacial score (nSPS) is 12.9. The zero-order valence-corrected chi connectivity index (χ0v) is 11.7. The lowest BCUT2D eigenvalue weighted by atomic mass is 10.2. The van der Waals surface area contributed by atoms with Crippen molar-refractivity contribution in [3.8, 4) is 10.8 Å². The van der Waals surface area contributed by atoms with Gasteiger partial charge in [-0.2, -0.15) is 4.98 Å². The highest BCUT2D eigenvalue weighted by Gasteiger charge is 2.17. The average molecular weight is 271 g/mol. The van der Waals surface area contributed by atoms with Crippen LogP contribution in [0.5, 0.6) is 0 Å². The predicted octanol–water partition coefficient (Wildman–Crippen LogP) is 4.49. The van der Waals surface area contributed by atoms with Crippen LogP contribution in [0.1, 0.15) is 41.4 Å². The van der Waals surface area contributed by atoms with Gasteiger partial charge in [-0.3, -0.25) is 0 Å². The first-order valence-corrected chi connectivity index (χ1v) is 6.92. The van der Waals surface area contributed by atoms with E-state index < -0.39 is 0 Å². The summed E-state index contributed by atoms with van der Waals surface area (Å²) in [6, 6.07) is 2.07. The molecule has 2 heterocycles. The van der Waals surface area contributed by atoms with Gasteiger partial charge in [0, 0.05) is 4.88 Å². The van der Waals surface area contributed by atoms with Crippen molar-refractivity contribution in [1.82, 2.24) is 10.1 Å². The largest absolute Gasteiger partial charge is 0.333 e. The van der Waals surface area contributed by atoms with Gasteiger partial charge < -0.3 is 4.52 Å². The molecule has 1 unspecified atom stereocenters. The summed E-state index contributed by atoms with van der Waals surface area (Å²) in [6.07, 6.45) is 1.87. The number of aryl methyl sites for hydroxylation is 2. The third kappa shape index (κ3) is 2.69. The number of aromatic nitrogens is 2. The van der Waals surface area contributed by atoms with E-state index in [2.05, 4.69) is 37.0 Å². The molecule has 0 saturated carbocycles. The molecule has 0 spiro atoms. The number of hydrogen-bond acceptors (Lipinski definition) is 4. The molecule has 0 aliphatic rings. The fourth-order valence-corrected chi connectivity index (χ4v) is 2.79. The summed E-state index contributed by atoms with van der Waals surface area (Å²) in [5.74, 6) is 1.16. The van der Waals surface area contributed by atoms with Crippen molar-refractivity contribution in [2.75, 3.05) is 0 Å². The molecule has 2 aromatic heterocycles. The van der Waals surface area contributed by atoms with Gasteiger partial charge >= 0.3 is 0 Å². The fraction of sp³-hybridized carbons (Fsp3) is 0.500. The van der Waals surface area contributed by atoms with Crippen molar-refractivity contribution >= 4 is 22.9 Å². The maximum absolute atomic E-state index is 6.16. The Morgan fingerprint density at radius 3 is 2.82 bits per heavy atom. The fourth-order valence-electron chi connectivity index (χ4n) is 1.52. The van der Waals surface area contributed by atoms with Crippen molar-refractivity contribution in [3.05, 3.63) is 22.3 Å². The Balaban J connectivity index is 2.23. The topological polar surface area (TPSA) is 38.9 Å². The Morgan fingerprint density at radius 1 is 1.47 bits per heavy atom. The Hall–Kier alpha value is -0.870. The molecular weight excluding hydrogens is 256 g/mol. The predicted molar refractivity (Wildman–Crippen MR) is 70.6 cm³/mol. The summed E-state index contributed by atoms with van der Waals surface area (Å²) in [7, 11) is 0. The standard InChI is InChI=1S/C12H15ClN2OS/c1-4-5-9(13)11-14-12(16-15-11)10-6-7(2)8(3)17-10/h6,9H,4-5H2,1-3H3. The number of nitrogens with zero attached hydrogens (tertiary/aromatic N) is 2. The van der Waals surface area contributed by atoms with Gasteiger partial charge in [-0.15, -0.1) is 22.9 Å². The van der Waals surface area contributed by atoms with Crippen LogP contribution < -0.4 is 0 Å². The van der Waals surface area contributed by atoms with Crippen molar-refractivity contribution in [3.63, 3.8) is 0 Å². The SMILES string of the molecule is CCCC(Cl)c1noc(-c2cc(C)c(C)s2)n1. The van der Waals surface area contributed by atoms with Crippen LogP contribution in [0.15, 0.2) is 10.6 Å². The van der Waals surface area contributed by atoms with Crippen molar-refractivity contribution < 1.29 is 4.52 Å². The van der Waals surface area contributed by atoms with E-state index in [1.165, 1.54) is 10.4 Å². The number of halogens is 1. The molecule has 2 aromatic rings. The Morgan fingerprint density at radius 2 is 2.24 bits per heavy atom. The van der Waals surface area contributed by atoms with E-state index in [-0.39, 0.29) is 5.38 Å². The summed E-state index contributed by atoms with van der Waals surface area (Å²) in [5, 5.41) is 3.79. The number of alkyl halides is 1. The maximum Gasteiger partial charge on any atom is 0.268 e. The summed E-state index contributed by atoms with van der Waals surface area (Å²) in [4.78, 5) is 6.64. The molecule has 92 valence electrons. The van der Waals surface area contributed by atoms with Gasteiger partial charge in [0.2, 0.25) is 0 Å². The van der Waals surface area contributed by atoms with Gasteiger partial charge in [0.15, 0.2) is 5.82 Å². The van der Waals surface area contributed by atoms with Crippen molar-refractivity contribution in [1.29, 1.82) is 0 Å². The molecule has 1 atom stereocenters. The minimum atomic E-state index is -0.153. The van der Waals surface area contributed by atoms with E-state index in [1.807, 2.05) is 0 Å². The third-order valence-corrected chi connectivity index (χ3v) is 4.19. The molecule has 0 fully saturated rings. The average Bonchev–Trinajstić information content (AvgIpc) is 2.87. The van der Waals surface area contributed by atoms with Crippen LogP contribution in [0.25, 0.3) is 10.8 Å². The Labute approximate surface area is 110 Å². The molecule has 3 nitrogen and oxygen atoms in total. The third-order valence-electron chi connectivity index (χ3n) is 2.64. The van der Waals surface area contributed by atoms with Crippen molar-refractivity contribution in [2.24, 2.45) is 0 Å². The lowest BCUT2D eigenvalue weighted by Crippen LogP contribution is -1.92. The molecule has 0 aliphatic carbocycles. The first-order valence-electron chi connectivity index (χ1n) is 5.67. The van der Waals surface area contributed by atoms with E-state index in [4.69, 9.17) is 16.1 Å². The van der Waals surface area contributed by atoms with Gasteiger partial charge in [0.05, 0.1) is 10.3 Å². The molecule has 17 heavy (non-hydrogen) atoms. The second kappa shape index (κ2) is 5.19. The Kier molecular flexibility index (Phi) is 3.84. The zero-order valence-electron chi connectivity index (χ0n) is 10.2. The number of rotatable bonds is 4. The molecule has 0 aliphatic heterocycles. The summed E-state index contributed by atoms with van der Waals surface area (Å²) in [5.41, 5.74) is 1.25. The molecule has 0 bridgehead atoms. The monoisotopic (exact) mass is 270 g/mol.